The first-order valence-electron chi connectivity index (χ1n) is 20.7. The Morgan fingerprint density at radius 1 is 0.429 bits per heavy atom. The van der Waals surface area contributed by atoms with Crippen molar-refractivity contribution in [3.63, 3.8) is 0 Å². The second kappa shape index (κ2) is 18.6. The molecule has 0 aliphatic carbocycles. The number of benzene rings is 8. The summed E-state index contributed by atoms with van der Waals surface area (Å²) >= 11 is 9.22. The zero-order valence-electron chi connectivity index (χ0n) is 34.9. The van der Waals surface area contributed by atoms with E-state index in [0.29, 0.717) is 0 Å². The molecule has 11 rings (SSSR count). The Hall–Kier alpha value is -4.97. The third-order valence-corrected chi connectivity index (χ3v) is 13.5. The second-order valence-corrected chi connectivity index (χ2v) is 19.5. The first kappa shape index (κ1) is 44.6. The van der Waals surface area contributed by atoms with Crippen molar-refractivity contribution in [3.05, 3.63) is 207 Å². The topological polar surface area (TPSA) is 28.3 Å². The molecule has 1 saturated heterocycles. The Labute approximate surface area is 401 Å². The highest BCUT2D eigenvalue weighted by Crippen LogP contribution is 2.38. The number of rotatable bonds is 4. The molecule has 10 aromatic rings. The van der Waals surface area contributed by atoms with Crippen molar-refractivity contribution in [1.29, 1.82) is 0 Å². The van der Waals surface area contributed by atoms with Gasteiger partial charge in [-0.05, 0) is 146 Å². The van der Waals surface area contributed by atoms with Crippen LogP contribution in [-0.2, 0) is 9.31 Å². The standard InChI is InChI=1S/C24H24BNO2.C24H16BrN.C6H4BrI.CH4/c1-23(2)24(3,4)28-25(27-23)17-14-15-20-19-12-8-9-13-21(19)26(22(20)16-17)18-10-6-5-7-11-18;25-19-8-6-7-17(15-19)18-13-14-22-21-11-4-5-12-23(21)26(24(22)16-18)20-9-2-1-3-10-20;7-5-2-1-3-6(8)4-5;/h5-16H,1-4H3;1-16H;1-4H;1H4. The van der Waals surface area contributed by atoms with Crippen LogP contribution in [0.2, 0.25) is 0 Å². The summed E-state index contributed by atoms with van der Waals surface area (Å²) in [6.07, 6.45) is 0. The van der Waals surface area contributed by atoms with Gasteiger partial charge in [0.2, 0.25) is 0 Å². The maximum Gasteiger partial charge on any atom is 0.494 e. The van der Waals surface area contributed by atoms with E-state index >= 15 is 0 Å². The van der Waals surface area contributed by atoms with Gasteiger partial charge in [-0.25, -0.2) is 0 Å². The maximum absolute atomic E-state index is 6.29. The predicted molar refractivity (Wildman–Crippen MR) is 284 cm³/mol. The Kier molecular flexibility index (Phi) is 13.2. The average molecular weight is 1070 g/mol. The van der Waals surface area contributed by atoms with E-state index in [2.05, 4.69) is 267 Å². The summed E-state index contributed by atoms with van der Waals surface area (Å²) < 4.78 is 20.7. The Balaban J connectivity index is 0.000000145. The minimum Gasteiger partial charge on any atom is -0.399 e. The van der Waals surface area contributed by atoms with Crippen LogP contribution in [0.5, 0.6) is 0 Å². The van der Waals surface area contributed by atoms with Crippen molar-refractivity contribution in [3.8, 4) is 22.5 Å². The molecule has 0 amide bonds. The smallest absolute Gasteiger partial charge is 0.399 e. The summed E-state index contributed by atoms with van der Waals surface area (Å²) in [4.78, 5) is 0. The van der Waals surface area contributed by atoms with Gasteiger partial charge in [0.1, 0.15) is 0 Å². The number of halogens is 3. The normalized spacial score (nSPS) is 13.9. The SMILES string of the molecule is Brc1cccc(-c2ccc3c4ccccc4n(-c4ccccc4)c3c2)c1.Brc1cccc(I)c1.C.CC1(C)OB(c2ccc3c4ccccc4n(-c4ccccc4)c3c2)OC1(C)C. The molecule has 0 N–H and O–H groups in total. The summed E-state index contributed by atoms with van der Waals surface area (Å²) in [6.45, 7) is 8.36. The number of hydrogen-bond acceptors (Lipinski definition) is 2. The summed E-state index contributed by atoms with van der Waals surface area (Å²) in [6, 6.07) is 68.1. The van der Waals surface area contributed by atoms with Crippen LogP contribution in [0.15, 0.2) is 203 Å². The third kappa shape index (κ3) is 9.07. The maximum atomic E-state index is 6.29. The van der Waals surface area contributed by atoms with Crippen LogP contribution in [-0.4, -0.2) is 27.5 Å². The van der Waals surface area contributed by atoms with Gasteiger partial charge in [0.05, 0.1) is 33.3 Å². The number of nitrogens with zero attached hydrogens (tertiary/aromatic N) is 2. The van der Waals surface area contributed by atoms with Gasteiger partial charge < -0.3 is 18.4 Å². The van der Waals surface area contributed by atoms with E-state index in [1.807, 2.05) is 18.2 Å². The van der Waals surface area contributed by atoms with E-state index in [9.17, 15) is 0 Å². The van der Waals surface area contributed by atoms with Gasteiger partial charge in [-0.15, -0.1) is 0 Å². The van der Waals surface area contributed by atoms with Crippen LogP contribution in [0.3, 0.4) is 0 Å². The molecule has 1 aliphatic rings. The molecule has 0 atom stereocenters. The van der Waals surface area contributed by atoms with E-state index in [1.54, 1.807) is 0 Å². The van der Waals surface area contributed by atoms with Gasteiger partial charge in [-0.2, -0.15) is 0 Å². The predicted octanol–water partition coefficient (Wildman–Crippen LogP) is 16.0. The molecule has 4 nitrogen and oxygen atoms in total. The summed E-state index contributed by atoms with van der Waals surface area (Å²) in [5.74, 6) is 0. The molecule has 0 spiro atoms. The van der Waals surface area contributed by atoms with E-state index in [4.69, 9.17) is 9.31 Å². The largest absolute Gasteiger partial charge is 0.494 e. The summed E-state index contributed by atoms with van der Waals surface area (Å²) in [5, 5.41) is 5.05. The number of para-hydroxylation sites is 4. The first-order chi connectivity index (χ1) is 30.0. The molecule has 2 aromatic heterocycles. The van der Waals surface area contributed by atoms with E-state index < -0.39 is 0 Å². The quantitative estimate of drug-likeness (QED) is 0.130. The Morgan fingerprint density at radius 2 is 0.873 bits per heavy atom. The van der Waals surface area contributed by atoms with Crippen LogP contribution >= 0.6 is 54.5 Å². The lowest BCUT2D eigenvalue weighted by molar-refractivity contribution is 0.00578. The number of fused-ring (bicyclic) bond motifs is 6. The van der Waals surface area contributed by atoms with Crippen molar-refractivity contribution >= 4 is 111 Å². The van der Waals surface area contributed by atoms with Gasteiger partial charge in [0.25, 0.3) is 0 Å². The number of hydrogen-bond donors (Lipinski definition) is 0. The molecule has 63 heavy (non-hydrogen) atoms. The van der Waals surface area contributed by atoms with Gasteiger partial charge >= 0.3 is 7.12 Å². The summed E-state index contributed by atoms with van der Waals surface area (Å²) in [5.41, 5.74) is 9.96. The molecule has 8 aromatic carbocycles. The van der Waals surface area contributed by atoms with E-state index in [-0.39, 0.29) is 25.7 Å². The summed E-state index contributed by atoms with van der Waals surface area (Å²) in [7, 11) is -0.364. The monoisotopic (exact) mass is 1060 g/mol. The third-order valence-electron chi connectivity index (χ3n) is 11.9. The van der Waals surface area contributed by atoms with Crippen molar-refractivity contribution in [2.24, 2.45) is 0 Å². The van der Waals surface area contributed by atoms with Gasteiger partial charge in [0, 0.05) is 45.4 Å². The Morgan fingerprint density at radius 3 is 1.38 bits per heavy atom. The molecule has 0 bridgehead atoms. The fraction of sp³-hybridized carbons (Fsp3) is 0.127. The second-order valence-electron chi connectivity index (χ2n) is 16.4. The van der Waals surface area contributed by atoms with Crippen molar-refractivity contribution in [1.82, 2.24) is 9.13 Å². The highest BCUT2D eigenvalue weighted by Gasteiger charge is 2.51. The number of aromatic nitrogens is 2. The van der Waals surface area contributed by atoms with Gasteiger partial charge in [-0.1, -0.05) is 155 Å². The minimum absolute atomic E-state index is 0. The van der Waals surface area contributed by atoms with Crippen molar-refractivity contribution in [2.75, 3.05) is 0 Å². The molecule has 3 heterocycles. The molecule has 1 fully saturated rings. The Bertz CT molecular complexity index is 3170. The fourth-order valence-electron chi connectivity index (χ4n) is 8.10. The van der Waals surface area contributed by atoms with Gasteiger partial charge in [0.15, 0.2) is 0 Å². The fourth-order valence-corrected chi connectivity index (χ4v) is 9.87. The highest BCUT2D eigenvalue weighted by molar-refractivity contribution is 14.1. The zero-order chi connectivity index (χ0) is 43.0. The molecule has 0 unspecified atom stereocenters. The van der Waals surface area contributed by atoms with Crippen LogP contribution in [0.25, 0.3) is 66.1 Å². The van der Waals surface area contributed by atoms with E-state index in [0.717, 1.165) is 20.1 Å². The average Bonchev–Trinajstić information content (AvgIpc) is 3.87. The van der Waals surface area contributed by atoms with Crippen LogP contribution in [0, 0.1) is 3.57 Å². The lowest BCUT2D eigenvalue weighted by atomic mass is 9.79. The van der Waals surface area contributed by atoms with Crippen LogP contribution < -0.4 is 5.46 Å². The first-order valence-corrected chi connectivity index (χ1v) is 23.3. The molecule has 0 saturated carbocycles. The molecule has 314 valence electrons. The van der Waals surface area contributed by atoms with Crippen LogP contribution in [0.4, 0.5) is 0 Å². The lowest BCUT2D eigenvalue weighted by Crippen LogP contribution is -2.41. The van der Waals surface area contributed by atoms with Crippen molar-refractivity contribution in [2.45, 2.75) is 46.3 Å². The molecule has 0 radical (unpaired) electrons. The minimum atomic E-state index is -0.364. The van der Waals surface area contributed by atoms with Gasteiger partial charge in [-0.3, -0.25) is 0 Å². The molecule has 1 aliphatic heterocycles. The molecule has 8 heteroatoms. The van der Waals surface area contributed by atoms with Crippen LogP contribution in [0.1, 0.15) is 35.1 Å². The lowest BCUT2D eigenvalue weighted by Gasteiger charge is -2.32. The highest BCUT2D eigenvalue weighted by atomic mass is 127. The van der Waals surface area contributed by atoms with Crippen molar-refractivity contribution < 1.29 is 9.31 Å². The van der Waals surface area contributed by atoms with E-state index in [1.165, 1.54) is 64.0 Å². The molecular formula is C55H48BBr2IN2O2. The zero-order valence-corrected chi connectivity index (χ0v) is 40.2. The molecular weight excluding hydrogens is 1020 g/mol.